The standard InChI is InChI=1S/C14H12N2O5/c1-10(17)13(14(18)21-8-2-7-15)9-11-3-5-12(6-4-11)16(19)20/h3-6,9H,2,8H2,1H3/b13-9-. The summed E-state index contributed by atoms with van der Waals surface area (Å²) in [5.74, 6) is -1.31. The van der Waals surface area contributed by atoms with Gasteiger partial charge < -0.3 is 4.74 Å². The van der Waals surface area contributed by atoms with Crippen LogP contribution in [-0.4, -0.2) is 23.3 Å². The van der Waals surface area contributed by atoms with E-state index >= 15 is 0 Å². The first-order valence-electron chi connectivity index (χ1n) is 5.97. The molecule has 0 bridgehead atoms. The second-order valence-corrected chi connectivity index (χ2v) is 4.01. The summed E-state index contributed by atoms with van der Waals surface area (Å²) in [6, 6.07) is 7.19. The van der Waals surface area contributed by atoms with E-state index in [1.165, 1.54) is 37.3 Å². The van der Waals surface area contributed by atoms with Crippen LogP contribution in [0.2, 0.25) is 0 Å². The molecule has 7 nitrogen and oxygen atoms in total. The van der Waals surface area contributed by atoms with Crippen LogP contribution in [0.4, 0.5) is 5.69 Å². The lowest BCUT2D eigenvalue weighted by atomic mass is 10.1. The number of nitriles is 1. The van der Waals surface area contributed by atoms with Crippen molar-refractivity contribution in [3.05, 3.63) is 45.5 Å². The fraction of sp³-hybridized carbons (Fsp3) is 0.214. The normalized spacial score (nSPS) is 10.6. The maximum absolute atomic E-state index is 11.7. The lowest BCUT2D eigenvalue weighted by Crippen LogP contribution is -2.14. The maximum Gasteiger partial charge on any atom is 0.341 e. The molecule has 0 aliphatic rings. The van der Waals surface area contributed by atoms with Gasteiger partial charge in [-0.1, -0.05) is 0 Å². The van der Waals surface area contributed by atoms with Crippen LogP contribution in [0, 0.1) is 21.4 Å². The summed E-state index contributed by atoms with van der Waals surface area (Å²) in [4.78, 5) is 33.2. The molecule has 0 saturated heterocycles. The SMILES string of the molecule is CC(=O)/C(=C/c1ccc([N+](=O)[O-])cc1)C(=O)OCCC#N. The smallest absolute Gasteiger partial charge is 0.341 e. The second-order valence-electron chi connectivity index (χ2n) is 4.01. The number of rotatable bonds is 6. The molecule has 0 aliphatic heterocycles. The summed E-state index contributed by atoms with van der Waals surface area (Å²) in [5, 5.41) is 18.9. The average molecular weight is 288 g/mol. The first kappa shape index (κ1) is 16.0. The fourth-order valence-corrected chi connectivity index (χ4v) is 1.43. The molecule has 0 unspecified atom stereocenters. The van der Waals surface area contributed by atoms with Gasteiger partial charge >= 0.3 is 5.97 Å². The quantitative estimate of drug-likeness (QED) is 0.151. The number of nitrogens with zero attached hydrogens (tertiary/aromatic N) is 2. The molecule has 0 fully saturated rings. The van der Waals surface area contributed by atoms with Crippen molar-refractivity contribution in [3.8, 4) is 6.07 Å². The molecule has 0 radical (unpaired) electrons. The van der Waals surface area contributed by atoms with E-state index in [1.54, 1.807) is 0 Å². The van der Waals surface area contributed by atoms with Crippen molar-refractivity contribution >= 4 is 23.5 Å². The molecule has 1 aromatic rings. The Morgan fingerprint density at radius 2 is 2.00 bits per heavy atom. The number of ether oxygens (including phenoxy) is 1. The molecule has 0 amide bonds. The highest BCUT2D eigenvalue weighted by Gasteiger charge is 2.16. The minimum atomic E-state index is -0.823. The Kier molecular flexibility index (Phi) is 5.77. The van der Waals surface area contributed by atoms with E-state index in [0.29, 0.717) is 5.56 Å². The van der Waals surface area contributed by atoms with E-state index < -0.39 is 16.7 Å². The molecule has 0 atom stereocenters. The highest BCUT2D eigenvalue weighted by Crippen LogP contribution is 2.15. The summed E-state index contributed by atoms with van der Waals surface area (Å²) in [6.45, 7) is 1.11. The fourth-order valence-electron chi connectivity index (χ4n) is 1.43. The van der Waals surface area contributed by atoms with Gasteiger partial charge in [-0.2, -0.15) is 5.26 Å². The number of carbonyl (C=O) groups is 2. The van der Waals surface area contributed by atoms with E-state index in [0.717, 1.165) is 0 Å². The molecular formula is C14H12N2O5. The van der Waals surface area contributed by atoms with E-state index in [-0.39, 0.29) is 24.3 Å². The van der Waals surface area contributed by atoms with Gasteiger partial charge in [0.2, 0.25) is 0 Å². The van der Waals surface area contributed by atoms with Crippen molar-refractivity contribution in [3.63, 3.8) is 0 Å². The van der Waals surface area contributed by atoms with Crippen LogP contribution in [0.15, 0.2) is 29.8 Å². The number of nitro groups is 1. The lowest BCUT2D eigenvalue weighted by Gasteiger charge is -2.04. The van der Waals surface area contributed by atoms with Crippen LogP contribution in [0.3, 0.4) is 0 Å². The third-order valence-electron chi connectivity index (χ3n) is 2.46. The topological polar surface area (TPSA) is 110 Å². The molecule has 7 heteroatoms. The number of esters is 1. The number of hydrogen-bond acceptors (Lipinski definition) is 6. The van der Waals surface area contributed by atoms with Crippen LogP contribution in [0.5, 0.6) is 0 Å². The van der Waals surface area contributed by atoms with Gasteiger partial charge in [-0.05, 0) is 30.7 Å². The number of ketones is 1. The third kappa shape index (κ3) is 4.87. The predicted molar refractivity (Wildman–Crippen MR) is 72.9 cm³/mol. The van der Waals surface area contributed by atoms with Gasteiger partial charge in [0.25, 0.3) is 5.69 Å². The number of non-ortho nitro benzene ring substituents is 1. The minimum Gasteiger partial charge on any atom is -0.461 e. The first-order valence-corrected chi connectivity index (χ1v) is 5.97. The van der Waals surface area contributed by atoms with Gasteiger partial charge in [0.05, 0.1) is 17.4 Å². The maximum atomic E-state index is 11.7. The van der Waals surface area contributed by atoms with Gasteiger partial charge in [0, 0.05) is 12.1 Å². The largest absolute Gasteiger partial charge is 0.461 e. The van der Waals surface area contributed by atoms with Crippen molar-refractivity contribution < 1.29 is 19.2 Å². The Balaban J connectivity index is 2.94. The summed E-state index contributed by atoms with van der Waals surface area (Å²) < 4.78 is 4.78. The number of hydrogen-bond donors (Lipinski definition) is 0. The summed E-state index contributed by atoms with van der Waals surface area (Å²) >= 11 is 0. The van der Waals surface area contributed by atoms with E-state index in [2.05, 4.69) is 0 Å². The summed E-state index contributed by atoms with van der Waals surface area (Å²) in [5.41, 5.74) is 0.193. The highest BCUT2D eigenvalue weighted by molar-refractivity contribution is 6.19. The zero-order chi connectivity index (χ0) is 15.8. The Morgan fingerprint density at radius 3 is 2.48 bits per heavy atom. The Morgan fingerprint density at radius 1 is 1.38 bits per heavy atom. The van der Waals surface area contributed by atoms with Crippen LogP contribution in [-0.2, 0) is 14.3 Å². The summed E-state index contributed by atoms with van der Waals surface area (Å²) in [6.07, 6.45) is 1.33. The number of carbonyl (C=O) groups excluding carboxylic acids is 2. The molecular weight excluding hydrogens is 276 g/mol. The molecule has 0 spiro atoms. The zero-order valence-corrected chi connectivity index (χ0v) is 11.2. The first-order chi connectivity index (χ1) is 9.95. The third-order valence-corrected chi connectivity index (χ3v) is 2.46. The van der Waals surface area contributed by atoms with Gasteiger partial charge in [-0.15, -0.1) is 0 Å². The summed E-state index contributed by atoms with van der Waals surface area (Å²) in [7, 11) is 0. The van der Waals surface area contributed by atoms with Gasteiger partial charge in [-0.25, -0.2) is 4.79 Å². The van der Waals surface area contributed by atoms with Crippen molar-refractivity contribution in [2.24, 2.45) is 0 Å². The van der Waals surface area contributed by atoms with Crippen LogP contribution < -0.4 is 0 Å². The molecule has 21 heavy (non-hydrogen) atoms. The zero-order valence-electron chi connectivity index (χ0n) is 11.2. The number of benzene rings is 1. The second kappa shape index (κ2) is 7.55. The monoisotopic (exact) mass is 288 g/mol. The van der Waals surface area contributed by atoms with Gasteiger partial charge in [0.1, 0.15) is 12.2 Å². The molecule has 108 valence electrons. The predicted octanol–water partition coefficient (Wildman–Crippen LogP) is 2.02. The average Bonchev–Trinajstić information content (AvgIpc) is 2.45. The highest BCUT2D eigenvalue weighted by atomic mass is 16.6. The Hall–Kier alpha value is -3.01. The molecule has 1 rings (SSSR count). The van der Waals surface area contributed by atoms with E-state index in [9.17, 15) is 19.7 Å². The molecule has 1 aromatic carbocycles. The van der Waals surface area contributed by atoms with Gasteiger partial charge in [-0.3, -0.25) is 14.9 Å². The van der Waals surface area contributed by atoms with Crippen molar-refractivity contribution in [1.29, 1.82) is 5.26 Å². The number of nitro benzene ring substituents is 1. The molecule has 0 N–H and O–H groups in total. The molecule has 0 aromatic heterocycles. The van der Waals surface area contributed by atoms with Crippen LogP contribution >= 0.6 is 0 Å². The Labute approximate surface area is 120 Å². The van der Waals surface area contributed by atoms with Crippen molar-refractivity contribution in [1.82, 2.24) is 0 Å². The van der Waals surface area contributed by atoms with E-state index in [1.807, 2.05) is 6.07 Å². The number of Topliss-reactive ketones (excluding diaryl/α,β-unsaturated/α-hetero) is 1. The van der Waals surface area contributed by atoms with Gasteiger partial charge in [0.15, 0.2) is 5.78 Å². The van der Waals surface area contributed by atoms with Crippen LogP contribution in [0.1, 0.15) is 18.9 Å². The van der Waals surface area contributed by atoms with E-state index in [4.69, 9.17) is 10.00 Å². The van der Waals surface area contributed by atoms with Crippen molar-refractivity contribution in [2.45, 2.75) is 13.3 Å². The molecule has 0 saturated carbocycles. The molecule has 0 heterocycles. The van der Waals surface area contributed by atoms with Crippen LogP contribution in [0.25, 0.3) is 6.08 Å². The van der Waals surface area contributed by atoms with Crippen molar-refractivity contribution in [2.75, 3.05) is 6.61 Å². The lowest BCUT2D eigenvalue weighted by molar-refractivity contribution is -0.384. The Bertz CT molecular complexity index is 626. The molecule has 0 aliphatic carbocycles. The minimum absolute atomic E-state index is 0.0362.